The van der Waals surface area contributed by atoms with Crippen LogP contribution in [0, 0.1) is 5.92 Å². The zero-order valence-electron chi connectivity index (χ0n) is 9.14. The molecule has 88 valence electrons. The predicted octanol–water partition coefficient (Wildman–Crippen LogP) is 1.20. The summed E-state index contributed by atoms with van der Waals surface area (Å²) >= 11 is 1.39. The first-order valence-electron chi connectivity index (χ1n) is 5.52. The third-order valence-electron chi connectivity index (χ3n) is 2.82. The van der Waals surface area contributed by atoms with E-state index in [2.05, 4.69) is 15.5 Å². The lowest BCUT2D eigenvalue weighted by Crippen LogP contribution is -2.28. The van der Waals surface area contributed by atoms with Crippen LogP contribution in [0.15, 0.2) is 0 Å². The highest BCUT2D eigenvalue weighted by molar-refractivity contribution is 7.15. The van der Waals surface area contributed by atoms with Crippen LogP contribution >= 0.6 is 11.3 Å². The van der Waals surface area contributed by atoms with Gasteiger partial charge < -0.3 is 10.4 Å². The maximum Gasteiger partial charge on any atom is 0.231 e. The Morgan fingerprint density at radius 3 is 2.94 bits per heavy atom. The van der Waals surface area contributed by atoms with Crippen LogP contribution in [-0.4, -0.2) is 27.3 Å². The van der Waals surface area contributed by atoms with Gasteiger partial charge in [-0.2, -0.15) is 0 Å². The Bertz CT molecular complexity index is 380. The first-order valence-corrected chi connectivity index (χ1v) is 6.33. The monoisotopic (exact) mass is 241 g/mol. The second-order valence-electron chi connectivity index (χ2n) is 3.95. The minimum atomic E-state index is -0.501. The minimum absolute atomic E-state index is 0.135. The van der Waals surface area contributed by atoms with E-state index in [1.807, 2.05) is 6.92 Å². The molecule has 0 aliphatic heterocycles. The third kappa shape index (κ3) is 2.38. The Hall–Kier alpha value is -1.01. The van der Waals surface area contributed by atoms with Crippen LogP contribution in [0.25, 0.3) is 0 Å². The van der Waals surface area contributed by atoms with Gasteiger partial charge >= 0.3 is 0 Å². The molecule has 0 saturated heterocycles. The van der Waals surface area contributed by atoms with E-state index in [1.165, 1.54) is 11.3 Å². The minimum Gasteiger partial charge on any atom is -0.392 e. The van der Waals surface area contributed by atoms with Crippen molar-refractivity contribution in [1.29, 1.82) is 0 Å². The maximum absolute atomic E-state index is 11.8. The lowest BCUT2D eigenvalue weighted by Gasteiger charge is -2.12. The fourth-order valence-corrected chi connectivity index (χ4v) is 2.57. The van der Waals surface area contributed by atoms with Crippen LogP contribution in [0.2, 0.25) is 0 Å². The summed E-state index contributed by atoms with van der Waals surface area (Å²) < 4.78 is 0. The number of hydrogen-bond donors (Lipinski definition) is 2. The second kappa shape index (κ2) is 4.88. The number of hydrogen-bond acceptors (Lipinski definition) is 5. The molecule has 16 heavy (non-hydrogen) atoms. The van der Waals surface area contributed by atoms with Crippen molar-refractivity contribution in [1.82, 2.24) is 10.2 Å². The molecule has 1 heterocycles. The van der Waals surface area contributed by atoms with Crippen LogP contribution in [0.4, 0.5) is 5.13 Å². The van der Waals surface area contributed by atoms with Crippen molar-refractivity contribution in [2.45, 2.75) is 38.7 Å². The zero-order chi connectivity index (χ0) is 11.5. The zero-order valence-corrected chi connectivity index (χ0v) is 9.96. The number of carbonyl (C=O) groups excluding carboxylic acids is 1. The Labute approximate surface area is 97.9 Å². The van der Waals surface area contributed by atoms with E-state index in [4.69, 9.17) is 0 Å². The highest BCUT2D eigenvalue weighted by Crippen LogP contribution is 2.27. The molecule has 6 heteroatoms. The molecule has 2 atom stereocenters. The lowest BCUT2D eigenvalue weighted by atomic mass is 10.1. The van der Waals surface area contributed by atoms with E-state index in [0.717, 1.165) is 24.3 Å². The fourth-order valence-electron chi connectivity index (χ4n) is 1.89. The quantitative estimate of drug-likeness (QED) is 0.833. The molecule has 2 rings (SSSR count). The van der Waals surface area contributed by atoms with Crippen LogP contribution < -0.4 is 5.32 Å². The molecule has 1 saturated carbocycles. The molecule has 1 aliphatic rings. The number of aromatic nitrogens is 2. The van der Waals surface area contributed by atoms with Crippen LogP contribution in [0.1, 0.15) is 31.2 Å². The summed E-state index contributed by atoms with van der Waals surface area (Å²) in [6, 6.07) is 0. The van der Waals surface area contributed by atoms with Gasteiger partial charge in [0.05, 0.1) is 12.0 Å². The molecule has 0 aromatic carbocycles. The molecule has 2 unspecified atom stereocenters. The largest absolute Gasteiger partial charge is 0.392 e. The van der Waals surface area contributed by atoms with E-state index in [1.54, 1.807) is 0 Å². The van der Waals surface area contributed by atoms with Crippen molar-refractivity contribution >= 4 is 22.4 Å². The Morgan fingerprint density at radius 2 is 2.38 bits per heavy atom. The van der Waals surface area contributed by atoms with E-state index in [0.29, 0.717) is 11.6 Å². The first-order chi connectivity index (χ1) is 7.70. The molecular weight excluding hydrogens is 226 g/mol. The van der Waals surface area contributed by atoms with Crippen molar-refractivity contribution in [3.8, 4) is 0 Å². The van der Waals surface area contributed by atoms with Crippen LogP contribution in [0.3, 0.4) is 0 Å². The number of amides is 1. The number of nitrogens with one attached hydrogen (secondary N) is 1. The van der Waals surface area contributed by atoms with Gasteiger partial charge in [-0.1, -0.05) is 18.3 Å². The van der Waals surface area contributed by atoms with Gasteiger partial charge in [0.15, 0.2) is 0 Å². The average molecular weight is 241 g/mol. The Kier molecular flexibility index (Phi) is 3.50. The van der Waals surface area contributed by atoms with Crippen molar-refractivity contribution < 1.29 is 9.90 Å². The Balaban J connectivity index is 1.96. The first kappa shape index (κ1) is 11.5. The van der Waals surface area contributed by atoms with Crippen molar-refractivity contribution in [2.75, 3.05) is 5.32 Å². The van der Waals surface area contributed by atoms with Crippen molar-refractivity contribution in [2.24, 2.45) is 5.92 Å². The van der Waals surface area contributed by atoms with Crippen LogP contribution in [0.5, 0.6) is 0 Å². The van der Waals surface area contributed by atoms with E-state index in [-0.39, 0.29) is 11.8 Å². The molecule has 1 aromatic rings. The molecule has 0 radical (unpaired) electrons. The molecule has 1 amide bonds. The molecule has 0 bridgehead atoms. The van der Waals surface area contributed by atoms with E-state index in [9.17, 15) is 9.90 Å². The van der Waals surface area contributed by atoms with Gasteiger partial charge in [-0.25, -0.2) is 0 Å². The summed E-state index contributed by atoms with van der Waals surface area (Å²) in [5, 5.41) is 21.5. The number of aliphatic hydroxyl groups is 1. The summed E-state index contributed by atoms with van der Waals surface area (Å²) in [7, 11) is 0. The summed E-state index contributed by atoms with van der Waals surface area (Å²) in [6.45, 7) is 1.99. The molecule has 1 fully saturated rings. The topological polar surface area (TPSA) is 75.1 Å². The number of aliphatic hydroxyl groups excluding tert-OH is 1. The lowest BCUT2D eigenvalue weighted by molar-refractivity contribution is -0.122. The molecule has 1 aliphatic carbocycles. The second-order valence-corrected chi connectivity index (χ2v) is 5.01. The standard InChI is InChI=1S/C10H15N3O2S/c1-2-8-12-13-10(16-8)11-9(15)6-4-3-5-7(6)14/h6-7,14H,2-5H2,1H3,(H,11,13,15). The number of nitrogens with zero attached hydrogens (tertiary/aromatic N) is 2. The summed E-state index contributed by atoms with van der Waals surface area (Å²) in [5.41, 5.74) is 0. The van der Waals surface area contributed by atoms with Gasteiger partial charge in [-0.3, -0.25) is 4.79 Å². The molecule has 0 spiro atoms. The highest BCUT2D eigenvalue weighted by Gasteiger charge is 2.31. The summed E-state index contributed by atoms with van der Waals surface area (Å²) in [4.78, 5) is 11.8. The SMILES string of the molecule is CCc1nnc(NC(=O)C2CCCC2O)s1. The third-order valence-corrected chi connectivity index (χ3v) is 3.80. The highest BCUT2D eigenvalue weighted by atomic mass is 32.1. The van der Waals surface area contributed by atoms with Gasteiger partial charge in [0.2, 0.25) is 11.0 Å². The molecule has 5 nitrogen and oxygen atoms in total. The van der Waals surface area contributed by atoms with E-state index < -0.39 is 6.10 Å². The number of carbonyl (C=O) groups is 1. The number of aryl methyl sites for hydroxylation is 1. The number of anilines is 1. The maximum atomic E-state index is 11.8. The Morgan fingerprint density at radius 1 is 1.56 bits per heavy atom. The van der Waals surface area contributed by atoms with Gasteiger partial charge in [0, 0.05) is 0 Å². The van der Waals surface area contributed by atoms with Gasteiger partial charge in [-0.05, 0) is 25.7 Å². The van der Waals surface area contributed by atoms with Gasteiger partial charge in [0.1, 0.15) is 5.01 Å². The summed E-state index contributed by atoms with van der Waals surface area (Å²) in [6.07, 6.45) is 2.70. The van der Waals surface area contributed by atoms with Crippen molar-refractivity contribution in [3.63, 3.8) is 0 Å². The normalized spacial score (nSPS) is 24.6. The number of rotatable bonds is 3. The smallest absolute Gasteiger partial charge is 0.231 e. The average Bonchev–Trinajstić information content (AvgIpc) is 2.86. The molecular formula is C10H15N3O2S. The van der Waals surface area contributed by atoms with Gasteiger partial charge in [0.25, 0.3) is 0 Å². The molecule has 2 N–H and O–H groups in total. The van der Waals surface area contributed by atoms with Crippen molar-refractivity contribution in [3.05, 3.63) is 5.01 Å². The molecule has 1 aromatic heterocycles. The van der Waals surface area contributed by atoms with Crippen LogP contribution in [-0.2, 0) is 11.2 Å². The van der Waals surface area contributed by atoms with E-state index >= 15 is 0 Å². The predicted molar refractivity (Wildman–Crippen MR) is 61.3 cm³/mol. The fraction of sp³-hybridized carbons (Fsp3) is 0.700. The summed E-state index contributed by atoms with van der Waals surface area (Å²) in [5.74, 6) is -0.419. The van der Waals surface area contributed by atoms with Gasteiger partial charge in [-0.15, -0.1) is 10.2 Å².